The van der Waals surface area contributed by atoms with Gasteiger partial charge in [-0.1, -0.05) is 0 Å². The first kappa shape index (κ1) is 22.4. The molecule has 0 aromatic carbocycles. The van der Waals surface area contributed by atoms with Crippen LogP contribution in [-0.2, 0) is 47.7 Å². The molecule has 1 fully saturated rings. The molecule has 0 aromatic rings. The minimum atomic E-state index is -1.37. The Balaban J connectivity index is 3.29. The maximum atomic E-state index is 11.6. The molecule has 0 spiro atoms. The highest BCUT2D eigenvalue weighted by Gasteiger charge is 2.52. The topological polar surface area (TPSA) is 144 Å². The molecule has 0 bridgehead atoms. The van der Waals surface area contributed by atoms with Crippen LogP contribution in [0.2, 0.25) is 0 Å². The van der Waals surface area contributed by atoms with Crippen molar-refractivity contribution in [1.82, 2.24) is 5.32 Å². The standard InChI is InChI=1S/C16H23NO10/c1-7(18)17-13-15(25-10(4)21)14(24-9(3)20)12(6-23-8(2)19)27-16(13)26-11(5)22/h12-16H,6H2,1-5H3,(H,17,18)/t12-,13-,14-,15+,16-/m0/s1. The van der Waals surface area contributed by atoms with Crippen LogP contribution in [0.3, 0.4) is 0 Å². The molecule has 152 valence electrons. The third-order valence-electron chi connectivity index (χ3n) is 3.35. The molecule has 0 aliphatic carbocycles. The zero-order valence-corrected chi connectivity index (χ0v) is 15.7. The fraction of sp³-hybridized carbons (Fsp3) is 0.688. The lowest BCUT2D eigenvalue weighted by molar-refractivity contribution is -0.270. The van der Waals surface area contributed by atoms with Gasteiger partial charge in [0.05, 0.1) is 0 Å². The Morgan fingerprint density at radius 1 is 0.778 bits per heavy atom. The first-order valence-electron chi connectivity index (χ1n) is 8.08. The number of nitrogens with one attached hydrogen (secondary N) is 1. The Hall–Kier alpha value is -2.69. The Bertz CT molecular complexity index is 604. The van der Waals surface area contributed by atoms with Crippen molar-refractivity contribution in [1.29, 1.82) is 0 Å². The zero-order valence-electron chi connectivity index (χ0n) is 15.7. The molecule has 1 heterocycles. The Morgan fingerprint density at radius 3 is 1.74 bits per heavy atom. The summed E-state index contributed by atoms with van der Waals surface area (Å²) < 4.78 is 25.9. The second-order valence-corrected chi connectivity index (χ2v) is 5.83. The van der Waals surface area contributed by atoms with Gasteiger partial charge in [-0.15, -0.1) is 0 Å². The van der Waals surface area contributed by atoms with Crippen molar-refractivity contribution in [3.63, 3.8) is 0 Å². The van der Waals surface area contributed by atoms with Crippen molar-refractivity contribution in [2.45, 2.75) is 65.3 Å². The van der Waals surface area contributed by atoms with E-state index in [0.29, 0.717) is 0 Å². The molecule has 5 atom stereocenters. The molecule has 0 aromatic heterocycles. The lowest BCUT2D eigenvalue weighted by atomic mass is 9.96. The predicted octanol–water partition coefficient (Wildman–Crippen LogP) is -0.794. The number of esters is 4. The smallest absolute Gasteiger partial charge is 0.305 e. The lowest BCUT2D eigenvalue weighted by Gasteiger charge is -2.44. The summed E-state index contributed by atoms with van der Waals surface area (Å²) in [5.74, 6) is -3.34. The molecule has 1 aliphatic rings. The monoisotopic (exact) mass is 389 g/mol. The average molecular weight is 389 g/mol. The number of carbonyl (C=O) groups is 5. The highest BCUT2D eigenvalue weighted by Crippen LogP contribution is 2.28. The zero-order chi connectivity index (χ0) is 20.7. The third-order valence-corrected chi connectivity index (χ3v) is 3.35. The minimum absolute atomic E-state index is 0.365. The SMILES string of the molecule is CC(=O)N[C@@H]1[C@@H](OC(C)=O)O[C@@H](COC(C)=O)[C@H](OC(C)=O)[C@@H]1OC(C)=O. The van der Waals surface area contributed by atoms with Gasteiger partial charge in [-0.2, -0.15) is 0 Å². The van der Waals surface area contributed by atoms with E-state index in [1.165, 1.54) is 6.92 Å². The maximum Gasteiger partial charge on any atom is 0.305 e. The Kier molecular flexibility index (Phi) is 8.16. The molecule has 27 heavy (non-hydrogen) atoms. The second-order valence-electron chi connectivity index (χ2n) is 5.83. The van der Waals surface area contributed by atoms with Crippen LogP contribution >= 0.6 is 0 Å². The summed E-state index contributed by atoms with van der Waals surface area (Å²) in [7, 11) is 0. The molecule has 11 heteroatoms. The van der Waals surface area contributed by atoms with Crippen LogP contribution in [0.1, 0.15) is 34.6 Å². The van der Waals surface area contributed by atoms with Crippen molar-refractivity contribution in [2.75, 3.05) is 6.61 Å². The van der Waals surface area contributed by atoms with Crippen LogP contribution in [0.15, 0.2) is 0 Å². The largest absolute Gasteiger partial charge is 0.463 e. The third kappa shape index (κ3) is 7.21. The van der Waals surface area contributed by atoms with Crippen molar-refractivity contribution < 1.29 is 47.7 Å². The molecule has 1 aliphatic heterocycles. The lowest BCUT2D eigenvalue weighted by Crippen LogP contribution is -2.66. The maximum absolute atomic E-state index is 11.6. The highest BCUT2D eigenvalue weighted by atomic mass is 16.7. The van der Waals surface area contributed by atoms with Crippen molar-refractivity contribution in [3.8, 4) is 0 Å². The summed E-state index contributed by atoms with van der Waals surface area (Å²) in [4.78, 5) is 57.2. The molecule has 1 N–H and O–H groups in total. The first-order chi connectivity index (χ1) is 12.5. The van der Waals surface area contributed by atoms with Crippen molar-refractivity contribution in [2.24, 2.45) is 0 Å². The van der Waals surface area contributed by atoms with Gasteiger partial charge in [0.2, 0.25) is 12.2 Å². The van der Waals surface area contributed by atoms with Gasteiger partial charge in [-0.05, 0) is 0 Å². The molecule has 0 radical (unpaired) electrons. The summed E-state index contributed by atoms with van der Waals surface area (Å²) in [5.41, 5.74) is 0. The molecular weight excluding hydrogens is 366 g/mol. The van der Waals surface area contributed by atoms with E-state index < -0.39 is 60.4 Å². The molecule has 0 saturated carbocycles. The van der Waals surface area contributed by atoms with E-state index >= 15 is 0 Å². The summed E-state index contributed by atoms with van der Waals surface area (Å²) in [6.07, 6.45) is -4.97. The Morgan fingerprint density at radius 2 is 1.30 bits per heavy atom. The van der Waals surface area contributed by atoms with Gasteiger partial charge in [0.15, 0.2) is 12.2 Å². The van der Waals surface area contributed by atoms with Crippen molar-refractivity contribution >= 4 is 29.8 Å². The van der Waals surface area contributed by atoms with Gasteiger partial charge >= 0.3 is 23.9 Å². The van der Waals surface area contributed by atoms with E-state index in [0.717, 1.165) is 27.7 Å². The van der Waals surface area contributed by atoms with Crippen LogP contribution in [0.25, 0.3) is 0 Å². The number of hydrogen-bond acceptors (Lipinski definition) is 10. The van der Waals surface area contributed by atoms with E-state index in [4.69, 9.17) is 23.7 Å². The van der Waals surface area contributed by atoms with Crippen molar-refractivity contribution in [3.05, 3.63) is 0 Å². The van der Waals surface area contributed by atoms with Crippen LogP contribution in [0.4, 0.5) is 0 Å². The minimum Gasteiger partial charge on any atom is -0.463 e. The molecule has 1 amide bonds. The Labute approximate surface area is 155 Å². The van der Waals surface area contributed by atoms with E-state index in [1.807, 2.05) is 0 Å². The van der Waals surface area contributed by atoms with Gasteiger partial charge in [0.1, 0.15) is 18.8 Å². The number of ether oxygens (including phenoxy) is 5. The second kappa shape index (κ2) is 9.86. The van der Waals surface area contributed by atoms with E-state index in [9.17, 15) is 24.0 Å². The van der Waals surface area contributed by atoms with E-state index in [1.54, 1.807) is 0 Å². The van der Waals surface area contributed by atoms with Crippen LogP contribution < -0.4 is 5.32 Å². The fourth-order valence-corrected chi connectivity index (χ4v) is 2.55. The first-order valence-corrected chi connectivity index (χ1v) is 8.08. The molecular formula is C16H23NO10. The quantitative estimate of drug-likeness (QED) is 0.453. The highest BCUT2D eigenvalue weighted by molar-refractivity contribution is 5.74. The molecule has 1 rings (SSSR count). The average Bonchev–Trinajstić information content (AvgIpc) is 2.49. The molecule has 0 unspecified atom stereocenters. The summed E-state index contributed by atoms with van der Waals surface area (Å²) >= 11 is 0. The predicted molar refractivity (Wildman–Crippen MR) is 85.8 cm³/mol. The molecule has 11 nitrogen and oxygen atoms in total. The van der Waals surface area contributed by atoms with Gasteiger partial charge < -0.3 is 29.0 Å². The van der Waals surface area contributed by atoms with Gasteiger partial charge in [0.25, 0.3) is 0 Å². The number of hydrogen-bond donors (Lipinski definition) is 1. The van der Waals surface area contributed by atoms with Gasteiger partial charge in [0, 0.05) is 34.6 Å². The number of carbonyl (C=O) groups excluding carboxylic acids is 5. The normalized spacial score (nSPS) is 27.1. The molecule has 1 saturated heterocycles. The summed E-state index contributed by atoms with van der Waals surface area (Å²) in [6.45, 7) is 5.36. The number of rotatable bonds is 6. The summed E-state index contributed by atoms with van der Waals surface area (Å²) in [5, 5.41) is 2.46. The van der Waals surface area contributed by atoms with Crippen LogP contribution in [0, 0.1) is 0 Å². The summed E-state index contributed by atoms with van der Waals surface area (Å²) in [6, 6.07) is -1.16. The van der Waals surface area contributed by atoms with Crippen LogP contribution in [-0.4, -0.2) is 67.0 Å². The van der Waals surface area contributed by atoms with Gasteiger partial charge in [-0.3, -0.25) is 24.0 Å². The van der Waals surface area contributed by atoms with E-state index in [-0.39, 0.29) is 6.61 Å². The van der Waals surface area contributed by atoms with Crippen LogP contribution in [0.5, 0.6) is 0 Å². The fourth-order valence-electron chi connectivity index (χ4n) is 2.55. The number of amides is 1. The van der Waals surface area contributed by atoms with E-state index in [2.05, 4.69) is 5.32 Å². The van der Waals surface area contributed by atoms with Gasteiger partial charge in [-0.25, -0.2) is 0 Å².